The van der Waals surface area contributed by atoms with E-state index >= 15 is 0 Å². The first-order valence-electron chi connectivity index (χ1n) is 9.99. The molecule has 2 N–H and O–H groups in total. The molecule has 1 aliphatic heterocycles. The van der Waals surface area contributed by atoms with Gasteiger partial charge in [-0.3, -0.25) is 20.1 Å². The molecule has 1 aromatic carbocycles. The highest BCUT2D eigenvalue weighted by atomic mass is 32.1. The van der Waals surface area contributed by atoms with Crippen molar-refractivity contribution >= 4 is 47.5 Å². The number of furan rings is 1. The van der Waals surface area contributed by atoms with E-state index in [4.69, 9.17) is 9.83 Å². The van der Waals surface area contributed by atoms with E-state index in [2.05, 4.69) is 27.8 Å². The third kappa shape index (κ3) is 3.14. The first-order valence-corrected chi connectivity index (χ1v) is 10.9. The Hall–Kier alpha value is -3.39. The maximum atomic E-state index is 13.4. The number of fused-ring (bicyclic) bond motifs is 1. The molecule has 5 rings (SSSR count). The van der Waals surface area contributed by atoms with Crippen LogP contribution in [0.15, 0.2) is 64.9 Å². The normalized spacial score (nSPS) is 21.5. The molecule has 31 heavy (non-hydrogen) atoms. The van der Waals surface area contributed by atoms with E-state index in [9.17, 15) is 4.79 Å². The smallest absolute Gasteiger partial charge is 0.239 e. The van der Waals surface area contributed by atoms with Crippen LogP contribution in [0, 0.1) is 5.41 Å². The van der Waals surface area contributed by atoms with Crippen LogP contribution < -0.4 is 10.8 Å². The van der Waals surface area contributed by atoms with Gasteiger partial charge in [0.2, 0.25) is 5.91 Å². The molecule has 2 atom stereocenters. The first kappa shape index (κ1) is 19.6. The number of aromatic nitrogens is 1. The van der Waals surface area contributed by atoms with Crippen LogP contribution in [-0.4, -0.2) is 36.6 Å². The maximum Gasteiger partial charge on any atom is 0.239 e. The van der Waals surface area contributed by atoms with Gasteiger partial charge in [-0.2, -0.15) is 0 Å². The maximum absolute atomic E-state index is 13.4. The van der Waals surface area contributed by atoms with Crippen molar-refractivity contribution in [3.63, 3.8) is 0 Å². The minimum atomic E-state index is -0.777. The lowest BCUT2D eigenvalue weighted by molar-refractivity contribution is -0.131. The average Bonchev–Trinajstić information content (AvgIpc) is 3.42. The summed E-state index contributed by atoms with van der Waals surface area (Å²) < 4.78 is 5.59. The molecule has 4 heterocycles. The molecule has 6 nitrogen and oxygen atoms in total. The second-order valence-electron chi connectivity index (χ2n) is 8.17. The van der Waals surface area contributed by atoms with Crippen LogP contribution in [-0.2, 0) is 10.3 Å². The minimum absolute atomic E-state index is 0.0926. The Kier molecular flexibility index (Phi) is 4.48. The molecular formula is C23H21BN4O2S. The third-order valence-electron chi connectivity index (χ3n) is 6.00. The molecule has 4 aromatic rings. The van der Waals surface area contributed by atoms with Gasteiger partial charge in [-0.05, 0) is 41.6 Å². The van der Waals surface area contributed by atoms with Crippen molar-refractivity contribution in [1.82, 2.24) is 15.2 Å². The molecule has 1 fully saturated rings. The highest BCUT2D eigenvalue weighted by molar-refractivity contribution is 7.10. The van der Waals surface area contributed by atoms with Crippen molar-refractivity contribution in [3.8, 4) is 11.1 Å². The Morgan fingerprint density at radius 1 is 1.23 bits per heavy atom. The highest BCUT2D eigenvalue weighted by Crippen LogP contribution is 2.44. The van der Waals surface area contributed by atoms with E-state index in [0.29, 0.717) is 0 Å². The fourth-order valence-electron chi connectivity index (χ4n) is 4.26. The number of amides is 1. The summed E-state index contributed by atoms with van der Waals surface area (Å²) in [7, 11) is 3.65. The Balaban J connectivity index is 1.63. The second-order valence-corrected chi connectivity index (χ2v) is 9.09. The summed E-state index contributed by atoms with van der Waals surface area (Å²) in [4.78, 5) is 20.1. The van der Waals surface area contributed by atoms with E-state index < -0.39 is 11.5 Å². The van der Waals surface area contributed by atoms with Crippen LogP contribution >= 0.6 is 11.3 Å². The zero-order valence-electron chi connectivity index (χ0n) is 17.5. The largest absolute Gasteiger partial charge is 0.464 e. The van der Waals surface area contributed by atoms with Crippen molar-refractivity contribution in [2.24, 2.45) is 0 Å². The molecule has 154 valence electrons. The first-order chi connectivity index (χ1) is 14.9. The van der Waals surface area contributed by atoms with Gasteiger partial charge >= 0.3 is 0 Å². The lowest BCUT2D eigenvalue weighted by Gasteiger charge is -2.45. The van der Waals surface area contributed by atoms with Gasteiger partial charge in [0.15, 0.2) is 5.96 Å². The number of benzene rings is 1. The molecule has 1 saturated heterocycles. The number of thiophene rings is 1. The lowest BCUT2D eigenvalue weighted by Crippen LogP contribution is -2.62. The number of likely N-dealkylation sites (N-methyl/N-ethyl adjacent to an activating group) is 1. The van der Waals surface area contributed by atoms with Crippen molar-refractivity contribution < 1.29 is 9.21 Å². The second kappa shape index (κ2) is 7.09. The summed E-state index contributed by atoms with van der Waals surface area (Å²) in [6.07, 6.45) is 5.33. The molecule has 0 bridgehead atoms. The fraction of sp³-hybridized carbons (Fsp3) is 0.174. The third-order valence-corrected chi connectivity index (χ3v) is 7.17. The standard InChI is InChI=1S/C23H21BN4O2S/c1-23(19-9-16(12-31-19)15-7-17(24)11-26-10-15)20(21(29)28(2)22(25)27-23)14-4-3-13-5-6-30-18(13)8-14/h3-12,20H,24H2,1-2H3,(H2,25,27)/t20-,23-/m1/s1. The topological polar surface area (TPSA) is 82.2 Å². The van der Waals surface area contributed by atoms with Crippen LogP contribution in [0.2, 0.25) is 0 Å². The van der Waals surface area contributed by atoms with Crippen LogP contribution in [0.5, 0.6) is 0 Å². The van der Waals surface area contributed by atoms with Gasteiger partial charge in [0.05, 0.1) is 17.7 Å². The highest BCUT2D eigenvalue weighted by Gasteiger charge is 2.49. The predicted octanol–water partition coefficient (Wildman–Crippen LogP) is 2.81. The molecular weight excluding hydrogens is 407 g/mol. The number of carbonyl (C=O) groups is 1. The Morgan fingerprint density at radius 3 is 2.87 bits per heavy atom. The summed E-state index contributed by atoms with van der Waals surface area (Å²) in [5, 5.41) is 14.7. The number of nitrogens with zero attached hydrogens (tertiary/aromatic N) is 2. The van der Waals surface area contributed by atoms with Crippen molar-refractivity contribution in [2.75, 3.05) is 7.05 Å². The Morgan fingerprint density at radius 2 is 2.06 bits per heavy atom. The summed E-state index contributed by atoms with van der Waals surface area (Å²) in [6, 6.07) is 12.0. The summed E-state index contributed by atoms with van der Waals surface area (Å²) in [5.74, 6) is -0.539. The molecule has 8 heteroatoms. The van der Waals surface area contributed by atoms with Gasteiger partial charge in [0, 0.05) is 35.3 Å². The van der Waals surface area contributed by atoms with Gasteiger partial charge in [0.25, 0.3) is 0 Å². The number of guanidine groups is 1. The molecule has 1 amide bonds. The zero-order valence-corrected chi connectivity index (χ0v) is 18.3. The molecule has 0 radical (unpaired) electrons. The minimum Gasteiger partial charge on any atom is -0.464 e. The Labute approximate surface area is 184 Å². The molecule has 0 saturated carbocycles. The lowest BCUT2D eigenvalue weighted by atomic mass is 9.76. The van der Waals surface area contributed by atoms with Gasteiger partial charge in [-0.1, -0.05) is 23.7 Å². The summed E-state index contributed by atoms with van der Waals surface area (Å²) in [6.45, 7) is 1.99. The van der Waals surface area contributed by atoms with Gasteiger partial charge in [-0.25, -0.2) is 0 Å². The molecule has 0 aliphatic carbocycles. The number of nitrogens with one attached hydrogen (secondary N) is 2. The molecule has 0 spiro atoms. The fourth-order valence-corrected chi connectivity index (χ4v) is 5.32. The van der Waals surface area contributed by atoms with Crippen molar-refractivity contribution in [2.45, 2.75) is 18.4 Å². The van der Waals surface area contributed by atoms with Crippen molar-refractivity contribution in [3.05, 3.63) is 70.9 Å². The summed E-state index contributed by atoms with van der Waals surface area (Å²) >= 11 is 1.58. The van der Waals surface area contributed by atoms with Gasteiger partial charge in [-0.15, -0.1) is 11.3 Å². The average molecular weight is 428 g/mol. The zero-order chi connectivity index (χ0) is 21.8. The number of hydrogen-bond acceptors (Lipinski definition) is 5. The molecule has 0 unspecified atom stereocenters. The number of carbonyl (C=O) groups excluding carboxylic acids is 1. The monoisotopic (exact) mass is 428 g/mol. The quantitative estimate of drug-likeness (QED) is 0.492. The van der Waals surface area contributed by atoms with Gasteiger partial charge in [0.1, 0.15) is 13.4 Å². The van der Waals surface area contributed by atoms with E-state index in [-0.39, 0.29) is 11.9 Å². The van der Waals surface area contributed by atoms with Crippen LogP contribution in [0.1, 0.15) is 23.3 Å². The molecule has 3 aromatic heterocycles. The number of hydrogen-bond donors (Lipinski definition) is 2. The number of rotatable bonds is 3. The van der Waals surface area contributed by atoms with E-state index in [1.54, 1.807) is 24.6 Å². The van der Waals surface area contributed by atoms with Crippen molar-refractivity contribution in [1.29, 1.82) is 5.41 Å². The van der Waals surface area contributed by atoms with Crippen LogP contribution in [0.3, 0.4) is 0 Å². The molecule has 1 aliphatic rings. The van der Waals surface area contributed by atoms with Crippen LogP contribution in [0.4, 0.5) is 0 Å². The predicted molar refractivity (Wildman–Crippen MR) is 126 cm³/mol. The SMILES string of the molecule is Bc1cncc(-c2csc([C@@]3(C)NC(=N)N(C)C(=O)[C@H]3c3ccc4ccoc4c3)c2)c1. The van der Waals surface area contributed by atoms with Crippen LogP contribution in [0.25, 0.3) is 22.1 Å². The van der Waals surface area contributed by atoms with E-state index in [0.717, 1.165) is 38.0 Å². The van der Waals surface area contributed by atoms with E-state index in [1.807, 2.05) is 51.4 Å². The van der Waals surface area contributed by atoms with E-state index in [1.165, 1.54) is 4.90 Å². The van der Waals surface area contributed by atoms with Gasteiger partial charge < -0.3 is 9.73 Å². The Bertz CT molecular complexity index is 1330. The summed E-state index contributed by atoms with van der Waals surface area (Å²) in [5.41, 5.74) is 4.01. The number of pyridine rings is 1.